The molecule has 1 saturated heterocycles. The average Bonchev–Trinajstić information content (AvgIpc) is 3.08. The third-order valence-corrected chi connectivity index (χ3v) is 4.75. The molecular formula is C18H31N7O2. The molecule has 2 fully saturated rings. The highest BCUT2D eigenvalue weighted by Gasteiger charge is 2.25. The minimum atomic E-state index is -0.470. The zero-order valence-corrected chi connectivity index (χ0v) is 16.4. The van der Waals surface area contributed by atoms with Crippen molar-refractivity contribution in [2.45, 2.75) is 76.6 Å². The molecule has 150 valence electrons. The van der Waals surface area contributed by atoms with E-state index < -0.39 is 5.60 Å². The molecule has 3 rings (SSSR count). The van der Waals surface area contributed by atoms with E-state index >= 15 is 0 Å². The minimum absolute atomic E-state index is 0.156. The molecule has 0 radical (unpaired) electrons. The molecule has 4 N–H and O–H groups in total. The van der Waals surface area contributed by atoms with E-state index in [9.17, 15) is 4.79 Å². The summed E-state index contributed by atoms with van der Waals surface area (Å²) in [5, 5.41) is 13.0. The number of ether oxygens (including phenoxy) is 1. The maximum absolute atomic E-state index is 11.9. The van der Waals surface area contributed by atoms with Crippen molar-refractivity contribution in [2.75, 3.05) is 23.7 Å². The highest BCUT2D eigenvalue weighted by Crippen LogP contribution is 2.22. The quantitative estimate of drug-likeness (QED) is 0.615. The number of hydrogen-bond donors (Lipinski definition) is 4. The van der Waals surface area contributed by atoms with E-state index in [4.69, 9.17) is 4.74 Å². The molecule has 9 nitrogen and oxygen atoms in total. The van der Waals surface area contributed by atoms with Crippen molar-refractivity contribution >= 4 is 18.0 Å². The number of amides is 1. The van der Waals surface area contributed by atoms with Crippen LogP contribution in [-0.2, 0) is 4.74 Å². The van der Waals surface area contributed by atoms with Gasteiger partial charge >= 0.3 is 6.09 Å². The largest absolute Gasteiger partial charge is 0.444 e. The van der Waals surface area contributed by atoms with Crippen LogP contribution in [0, 0.1) is 0 Å². The second-order valence-electron chi connectivity index (χ2n) is 8.31. The molecule has 1 aromatic rings. The zero-order valence-electron chi connectivity index (χ0n) is 16.4. The van der Waals surface area contributed by atoms with Crippen molar-refractivity contribution in [3.05, 3.63) is 6.33 Å². The van der Waals surface area contributed by atoms with Crippen LogP contribution in [0.5, 0.6) is 0 Å². The minimum Gasteiger partial charge on any atom is -0.444 e. The summed E-state index contributed by atoms with van der Waals surface area (Å²) in [5.41, 5.74) is -0.470. The molecule has 0 spiro atoms. The zero-order chi connectivity index (χ0) is 19.3. The van der Waals surface area contributed by atoms with Gasteiger partial charge in [-0.3, -0.25) is 0 Å². The summed E-state index contributed by atoms with van der Waals surface area (Å²) >= 11 is 0. The molecule has 1 aromatic heterocycles. The first kappa shape index (κ1) is 19.6. The SMILES string of the molecule is CC(C)(C)OC(=O)N[C@H]1CC[C@@H](Nc2ncnc(N[C@@H]3CCNC3)n2)CC1. The Balaban J connectivity index is 1.43. The van der Waals surface area contributed by atoms with E-state index in [2.05, 4.69) is 36.2 Å². The Kier molecular flexibility index (Phi) is 6.30. The molecule has 1 aliphatic heterocycles. The standard InChI is InChI=1S/C18H31N7O2/c1-18(2,3)27-17(26)24-13-6-4-12(5-7-13)22-15-20-11-21-16(25-15)23-14-8-9-19-10-14/h11-14,19H,4-10H2,1-3H3,(H,24,26)(H2,20,21,22,23,25)/t12-,13+,14-/m1/s1. The number of alkyl carbamates (subject to hydrolysis) is 1. The summed E-state index contributed by atoms with van der Waals surface area (Å²) in [6, 6.07) is 0.822. The maximum atomic E-state index is 11.9. The van der Waals surface area contributed by atoms with Gasteiger partial charge in [-0.1, -0.05) is 0 Å². The number of nitrogens with zero attached hydrogens (tertiary/aromatic N) is 3. The molecule has 0 unspecified atom stereocenters. The predicted octanol–water partition coefficient (Wildman–Crippen LogP) is 1.89. The number of anilines is 2. The summed E-state index contributed by atoms with van der Waals surface area (Å²) in [5.74, 6) is 1.21. The smallest absolute Gasteiger partial charge is 0.407 e. The summed E-state index contributed by atoms with van der Waals surface area (Å²) in [6.07, 6.45) is 5.97. The van der Waals surface area contributed by atoms with Crippen LogP contribution in [0.4, 0.5) is 16.7 Å². The Morgan fingerprint density at radius 2 is 1.67 bits per heavy atom. The topological polar surface area (TPSA) is 113 Å². The molecular weight excluding hydrogens is 346 g/mol. The van der Waals surface area contributed by atoms with Crippen molar-refractivity contribution < 1.29 is 9.53 Å². The van der Waals surface area contributed by atoms with Gasteiger partial charge in [-0.05, 0) is 59.4 Å². The highest BCUT2D eigenvalue weighted by atomic mass is 16.6. The lowest BCUT2D eigenvalue weighted by Crippen LogP contribution is -2.42. The summed E-state index contributed by atoms with van der Waals surface area (Å²) < 4.78 is 5.33. The van der Waals surface area contributed by atoms with Crippen LogP contribution in [0.3, 0.4) is 0 Å². The Morgan fingerprint density at radius 1 is 1.04 bits per heavy atom. The van der Waals surface area contributed by atoms with E-state index in [0.29, 0.717) is 24.0 Å². The summed E-state index contributed by atoms with van der Waals surface area (Å²) in [7, 11) is 0. The van der Waals surface area contributed by atoms with Gasteiger partial charge in [0.25, 0.3) is 0 Å². The lowest BCUT2D eigenvalue weighted by atomic mass is 9.91. The molecule has 0 bridgehead atoms. The number of nitrogens with one attached hydrogen (secondary N) is 4. The number of carbonyl (C=O) groups is 1. The second-order valence-corrected chi connectivity index (χ2v) is 8.31. The lowest BCUT2D eigenvalue weighted by Gasteiger charge is -2.30. The molecule has 2 heterocycles. The Labute approximate surface area is 160 Å². The van der Waals surface area contributed by atoms with Gasteiger partial charge in [-0.15, -0.1) is 0 Å². The van der Waals surface area contributed by atoms with E-state index in [0.717, 1.165) is 45.2 Å². The number of aromatic nitrogens is 3. The molecule has 1 aliphatic carbocycles. The Bertz CT molecular complexity index is 620. The summed E-state index contributed by atoms with van der Waals surface area (Å²) in [6.45, 7) is 7.56. The van der Waals surface area contributed by atoms with Crippen molar-refractivity contribution in [2.24, 2.45) is 0 Å². The Hall–Kier alpha value is -2.16. The summed E-state index contributed by atoms with van der Waals surface area (Å²) in [4.78, 5) is 24.8. The molecule has 0 aromatic carbocycles. The van der Waals surface area contributed by atoms with Crippen LogP contribution in [0.25, 0.3) is 0 Å². The highest BCUT2D eigenvalue weighted by molar-refractivity contribution is 5.68. The van der Waals surface area contributed by atoms with Crippen LogP contribution in [0.1, 0.15) is 52.9 Å². The van der Waals surface area contributed by atoms with Crippen molar-refractivity contribution in [3.8, 4) is 0 Å². The fourth-order valence-corrected chi connectivity index (χ4v) is 3.43. The molecule has 27 heavy (non-hydrogen) atoms. The predicted molar refractivity (Wildman–Crippen MR) is 104 cm³/mol. The second kappa shape index (κ2) is 8.69. The third kappa shape index (κ3) is 6.50. The van der Waals surface area contributed by atoms with Crippen LogP contribution in [-0.4, -0.2) is 57.9 Å². The fourth-order valence-electron chi connectivity index (χ4n) is 3.43. The van der Waals surface area contributed by atoms with Crippen LogP contribution >= 0.6 is 0 Å². The van der Waals surface area contributed by atoms with Gasteiger partial charge in [-0.25, -0.2) is 14.8 Å². The normalized spacial score (nSPS) is 25.7. The van der Waals surface area contributed by atoms with Crippen molar-refractivity contribution in [1.29, 1.82) is 0 Å². The Morgan fingerprint density at radius 3 is 2.26 bits per heavy atom. The number of carbonyl (C=O) groups excluding carboxylic acids is 1. The van der Waals surface area contributed by atoms with E-state index in [1.54, 1.807) is 0 Å². The maximum Gasteiger partial charge on any atom is 0.407 e. The van der Waals surface area contributed by atoms with Gasteiger partial charge in [0.05, 0.1) is 0 Å². The molecule has 9 heteroatoms. The van der Waals surface area contributed by atoms with Gasteiger partial charge in [0.2, 0.25) is 11.9 Å². The van der Waals surface area contributed by atoms with Gasteiger partial charge in [0, 0.05) is 24.7 Å². The van der Waals surface area contributed by atoms with Gasteiger partial charge in [0.15, 0.2) is 0 Å². The number of hydrogen-bond acceptors (Lipinski definition) is 8. The molecule has 1 saturated carbocycles. The van der Waals surface area contributed by atoms with E-state index in [-0.39, 0.29) is 12.1 Å². The first-order valence-electron chi connectivity index (χ1n) is 9.80. The van der Waals surface area contributed by atoms with E-state index in [1.807, 2.05) is 20.8 Å². The molecule has 2 aliphatic rings. The molecule has 1 amide bonds. The van der Waals surface area contributed by atoms with Crippen LogP contribution in [0.2, 0.25) is 0 Å². The third-order valence-electron chi connectivity index (χ3n) is 4.75. The first-order chi connectivity index (χ1) is 12.9. The van der Waals surface area contributed by atoms with Crippen molar-refractivity contribution in [3.63, 3.8) is 0 Å². The monoisotopic (exact) mass is 377 g/mol. The fraction of sp³-hybridized carbons (Fsp3) is 0.778. The van der Waals surface area contributed by atoms with Gasteiger partial charge in [-0.2, -0.15) is 4.98 Å². The first-order valence-corrected chi connectivity index (χ1v) is 9.80. The van der Waals surface area contributed by atoms with Gasteiger partial charge in [0.1, 0.15) is 11.9 Å². The average molecular weight is 377 g/mol. The van der Waals surface area contributed by atoms with E-state index in [1.165, 1.54) is 6.33 Å². The van der Waals surface area contributed by atoms with Gasteiger partial charge < -0.3 is 26.0 Å². The number of rotatable bonds is 5. The van der Waals surface area contributed by atoms with Crippen molar-refractivity contribution in [1.82, 2.24) is 25.6 Å². The van der Waals surface area contributed by atoms with Crippen LogP contribution in [0.15, 0.2) is 6.33 Å². The molecule has 1 atom stereocenters. The lowest BCUT2D eigenvalue weighted by molar-refractivity contribution is 0.0492. The van der Waals surface area contributed by atoms with Crippen LogP contribution < -0.4 is 21.3 Å².